The van der Waals surface area contributed by atoms with E-state index in [0.717, 1.165) is 11.1 Å². The summed E-state index contributed by atoms with van der Waals surface area (Å²) < 4.78 is 0. The number of allylic oxidation sites excluding steroid dienone is 2. The summed E-state index contributed by atoms with van der Waals surface area (Å²) >= 11 is 0. The molecule has 2 unspecified atom stereocenters. The molecule has 0 amide bonds. The van der Waals surface area contributed by atoms with E-state index in [-0.39, 0.29) is 24.2 Å². The standard InChI is InChI=1S/C19H21N2O3P/c22-11-15(21-25)8-14-10-20-18-16(23)9-13(19(24)17(14)18)7-6-12-4-2-1-3-5-12/h1-5,9-10,15,20-22H,6-8,11,25H2. The lowest BCUT2D eigenvalue weighted by Gasteiger charge is -2.16. The normalized spacial score (nSPS) is 15.0. The molecule has 130 valence electrons. The van der Waals surface area contributed by atoms with Crippen LogP contribution in [0.5, 0.6) is 0 Å². The molecule has 0 aliphatic heterocycles. The van der Waals surface area contributed by atoms with Gasteiger partial charge in [-0.05, 0) is 36.5 Å². The van der Waals surface area contributed by atoms with Crippen LogP contribution < -0.4 is 5.09 Å². The van der Waals surface area contributed by atoms with Crippen molar-refractivity contribution in [2.75, 3.05) is 6.61 Å². The summed E-state index contributed by atoms with van der Waals surface area (Å²) in [5, 5.41) is 12.3. The Kier molecular flexibility index (Phi) is 5.59. The Morgan fingerprint density at radius 2 is 1.92 bits per heavy atom. The van der Waals surface area contributed by atoms with Crippen LogP contribution in [0.1, 0.15) is 38.4 Å². The van der Waals surface area contributed by atoms with E-state index in [9.17, 15) is 14.7 Å². The van der Waals surface area contributed by atoms with E-state index in [2.05, 4.69) is 19.5 Å². The van der Waals surface area contributed by atoms with Crippen molar-refractivity contribution in [2.45, 2.75) is 25.3 Å². The first-order chi connectivity index (χ1) is 12.1. The maximum absolute atomic E-state index is 12.9. The maximum atomic E-state index is 12.9. The van der Waals surface area contributed by atoms with Gasteiger partial charge < -0.3 is 10.1 Å². The molecule has 0 saturated carbocycles. The highest BCUT2D eigenvalue weighted by atomic mass is 31.0. The summed E-state index contributed by atoms with van der Waals surface area (Å²) in [6.45, 7) is -0.0533. The Balaban J connectivity index is 1.81. The topological polar surface area (TPSA) is 82.2 Å². The first kappa shape index (κ1) is 17.7. The van der Waals surface area contributed by atoms with Gasteiger partial charge in [-0.25, -0.2) is 0 Å². The molecule has 1 aromatic heterocycles. The number of carbonyl (C=O) groups is 2. The summed E-state index contributed by atoms with van der Waals surface area (Å²) in [7, 11) is 2.37. The number of Topliss-reactive ketones (excluding diaryl/α,β-unsaturated/α-hetero) is 1. The number of carbonyl (C=O) groups excluding carboxylic acids is 2. The lowest BCUT2D eigenvalue weighted by Crippen LogP contribution is -2.28. The molecule has 0 fully saturated rings. The highest BCUT2D eigenvalue weighted by Crippen LogP contribution is 2.27. The quantitative estimate of drug-likeness (QED) is 0.665. The Hall–Kier alpha value is -2.07. The molecule has 25 heavy (non-hydrogen) atoms. The minimum atomic E-state index is -0.188. The largest absolute Gasteiger partial charge is 0.395 e. The minimum Gasteiger partial charge on any atom is -0.395 e. The van der Waals surface area contributed by atoms with E-state index < -0.39 is 0 Å². The molecule has 3 N–H and O–H groups in total. The zero-order valence-electron chi connectivity index (χ0n) is 13.8. The number of hydrogen-bond donors (Lipinski definition) is 3. The molecule has 2 atom stereocenters. The zero-order chi connectivity index (χ0) is 17.8. The number of aromatic amines is 1. The number of nitrogens with one attached hydrogen (secondary N) is 2. The van der Waals surface area contributed by atoms with Gasteiger partial charge >= 0.3 is 0 Å². The molecule has 1 aromatic carbocycles. The summed E-state index contributed by atoms with van der Waals surface area (Å²) in [5.74, 6) is -0.259. The first-order valence-corrected chi connectivity index (χ1v) is 8.82. The number of fused-ring (bicyclic) bond motifs is 1. The van der Waals surface area contributed by atoms with Gasteiger partial charge in [-0.1, -0.05) is 39.7 Å². The summed E-state index contributed by atoms with van der Waals surface area (Å²) in [6, 6.07) is 9.72. The second-order valence-electron chi connectivity index (χ2n) is 6.16. The summed E-state index contributed by atoms with van der Waals surface area (Å²) in [4.78, 5) is 28.2. The van der Waals surface area contributed by atoms with Crippen molar-refractivity contribution in [3.8, 4) is 0 Å². The fraction of sp³-hybridized carbons (Fsp3) is 0.263. The molecule has 1 aliphatic rings. The third kappa shape index (κ3) is 3.79. The predicted octanol–water partition coefficient (Wildman–Crippen LogP) is 2.24. The van der Waals surface area contributed by atoms with Crippen LogP contribution in [0, 0.1) is 0 Å². The van der Waals surface area contributed by atoms with Crippen molar-refractivity contribution >= 4 is 21.0 Å². The smallest absolute Gasteiger partial charge is 0.203 e. The summed E-state index contributed by atoms with van der Waals surface area (Å²) in [6.07, 6.45) is 4.86. The van der Waals surface area contributed by atoms with Crippen LogP contribution in [-0.4, -0.2) is 34.3 Å². The van der Waals surface area contributed by atoms with Crippen LogP contribution in [0.25, 0.3) is 0 Å². The van der Waals surface area contributed by atoms with Gasteiger partial charge in [0, 0.05) is 17.8 Å². The molecule has 1 aliphatic carbocycles. The number of H-pyrrole nitrogens is 1. The Bertz CT molecular complexity index is 807. The molecule has 0 radical (unpaired) electrons. The van der Waals surface area contributed by atoms with Gasteiger partial charge in [0.05, 0.1) is 17.9 Å². The molecule has 6 heteroatoms. The fourth-order valence-corrected chi connectivity index (χ4v) is 3.31. The van der Waals surface area contributed by atoms with E-state index in [4.69, 9.17) is 0 Å². The minimum absolute atomic E-state index is 0.0533. The average Bonchev–Trinajstić information content (AvgIpc) is 3.07. The van der Waals surface area contributed by atoms with Crippen molar-refractivity contribution in [1.82, 2.24) is 10.1 Å². The maximum Gasteiger partial charge on any atom is 0.203 e. The second kappa shape index (κ2) is 7.87. The first-order valence-electron chi connectivity index (χ1n) is 8.24. The number of ketones is 2. The average molecular weight is 356 g/mol. The van der Waals surface area contributed by atoms with Crippen molar-refractivity contribution in [3.63, 3.8) is 0 Å². The van der Waals surface area contributed by atoms with Crippen LogP contribution in [-0.2, 0) is 12.8 Å². The van der Waals surface area contributed by atoms with Crippen molar-refractivity contribution in [3.05, 3.63) is 70.6 Å². The Labute approximate surface area is 148 Å². The highest BCUT2D eigenvalue weighted by molar-refractivity contribution is 7.13. The van der Waals surface area contributed by atoms with Gasteiger partial charge in [0.1, 0.15) is 0 Å². The number of benzene rings is 1. The van der Waals surface area contributed by atoms with Gasteiger partial charge in [-0.3, -0.25) is 14.7 Å². The van der Waals surface area contributed by atoms with Gasteiger partial charge in [0.25, 0.3) is 0 Å². The Morgan fingerprint density at radius 3 is 2.60 bits per heavy atom. The van der Waals surface area contributed by atoms with Crippen molar-refractivity contribution in [2.24, 2.45) is 0 Å². The molecule has 0 spiro atoms. The van der Waals surface area contributed by atoms with Crippen molar-refractivity contribution in [1.29, 1.82) is 0 Å². The summed E-state index contributed by atoms with van der Waals surface area (Å²) in [5.41, 5.74) is 3.24. The number of hydrogen-bond acceptors (Lipinski definition) is 4. The molecule has 2 aromatic rings. The third-order valence-electron chi connectivity index (χ3n) is 4.48. The van der Waals surface area contributed by atoms with Gasteiger partial charge in [0.2, 0.25) is 5.78 Å². The van der Waals surface area contributed by atoms with E-state index in [0.29, 0.717) is 36.1 Å². The van der Waals surface area contributed by atoms with Gasteiger partial charge in [0.15, 0.2) is 5.78 Å². The van der Waals surface area contributed by atoms with Crippen molar-refractivity contribution < 1.29 is 14.7 Å². The van der Waals surface area contributed by atoms with Gasteiger partial charge in [-0.2, -0.15) is 0 Å². The fourth-order valence-electron chi connectivity index (χ4n) is 3.09. The highest BCUT2D eigenvalue weighted by Gasteiger charge is 2.30. The lowest BCUT2D eigenvalue weighted by molar-refractivity contribution is 0.0979. The molecule has 3 rings (SSSR count). The van der Waals surface area contributed by atoms with E-state index in [1.165, 1.54) is 6.08 Å². The predicted molar refractivity (Wildman–Crippen MR) is 99.7 cm³/mol. The number of aromatic nitrogens is 1. The molecule has 1 heterocycles. The third-order valence-corrected chi connectivity index (χ3v) is 4.95. The van der Waals surface area contributed by atoms with Crippen LogP contribution in [0.15, 0.2) is 48.2 Å². The number of aliphatic hydroxyl groups is 1. The van der Waals surface area contributed by atoms with Crippen LogP contribution in [0.4, 0.5) is 0 Å². The van der Waals surface area contributed by atoms with E-state index in [1.54, 1.807) is 6.20 Å². The lowest BCUT2D eigenvalue weighted by atomic mass is 9.87. The molecular formula is C19H21N2O3P. The van der Waals surface area contributed by atoms with Crippen LogP contribution in [0.3, 0.4) is 0 Å². The van der Waals surface area contributed by atoms with Crippen LogP contribution >= 0.6 is 9.39 Å². The molecule has 0 saturated heterocycles. The number of aliphatic hydroxyl groups excluding tert-OH is 1. The molecule has 5 nitrogen and oxygen atoms in total. The van der Waals surface area contributed by atoms with E-state index in [1.807, 2.05) is 30.3 Å². The monoisotopic (exact) mass is 356 g/mol. The second-order valence-corrected chi connectivity index (χ2v) is 6.50. The number of aryl methyl sites for hydroxylation is 1. The number of rotatable bonds is 7. The Morgan fingerprint density at radius 1 is 1.16 bits per heavy atom. The zero-order valence-corrected chi connectivity index (χ0v) is 14.9. The van der Waals surface area contributed by atoms with Crippen LogP contribution in [0.2, 0.25) is 0 Å². The van der Waals surface area contributed by atoms with Gasteiger partial charge in [-0.15, -0.1) is 0 Å². The molecule has 0 bridgehead atoms. The molecular weight excluding hydrogens is 335 g/mol. The SMILES string of the molecule is O=C1C=C(CCc2ccccc2)C(=O)c2c(CC(CO)NP)c[nH]c21. The van der Waals surface area contributed by atoms with E-state index >= 15 is 0 Å².